The minimum absolute atomic E-state index is 0.388. The van der Waals surface area contributed by atoms with Gasteiger partial charge in [-0.3, -0.25) is 0 Å². The minimum atomic E-state index is 0.388. The molecular weight excluding hydrogens is 597 g/mol. The summed E-state index contributed by atoms with van der Waals surface area (Å²) in [5.41, 5.74) is 15.8. The van der Waals surface area contributed by atoms with Crippen LogP contribution < -0.4 is 0 Å². The largest absolute Gasteiger partial charge is 0.355 e. The Kier molecular flexibility index (Phi) is 12.6. The lowest BCUT2D eigenvalue weighted by atomic mass is 9.91. The lowest BCUT2D eigenvalue weighted by Crippen LogP contribution is -2.04. The molecule has 0 aliphatic carbocycles. The van der Waals surface area contributed by atoms with Gasteiger partial charge in [-0.05, 0) is 124 Å². The molecule has 5 rings (SSSR count). The lowest BCUT2D eigenvalue weighted by molar-refractivity contribution is 0.633. The molecule has 262 valence electrons. The van der Waals surface area contributed by atoms with E-state index in [4.69, 9.17) is 9.97 Å². The first-order valence-electron chi connectivity index (χ1n) is 19.8. The van der Waals surface area contributed by atoms with Gasteiger partial charge in [0.2, 0.25) is 0 Å². The second kappa shape index (κ2) is 16.8. The van der Waals surface area contributed by atoms with Crippen molar-refractivity contribution in [2.45, 2.75) is 150 Å². The quantitative estimate of drug-likeness (QED) is 0.118. The van der Waals surface area contributed by atoms with Gasteiger partial charge in [-0.2, -0.15) is 0 Å². The maximum Gasteiger partial charge on any atom is 0.0694 e. The molecule has 3 aromatic heterocycles. The van der Waals surface area contributed by atoms with E-state index in [-0.39, 0.29) is 0 Å². The van der Waals surface area contributed by atoms with E-state index in [0.29, 0.717) is 23.7 Å². The third kappa shape index (κ3) is 7.30. The zero-order chi connectivity index (χ0) is 35.1. The van der Waals surface area contributed by atoms with Crippen LogP contribution in [0.25, 0.3) is 52.4 Å². The Bertz CT molecular complexity index is 1830. The van der Waals surface area contributed by atoms with Gasteiger partial charge in [0.15, 0.2) is 0 Å². The first-order chi connectivity index (χ1) is 23.9. The second-order valence-electron chi connectivity index (χ2n) is 14.1. The summed E-state index contributed by atoms with van der Waals surface area (Å²) in [6.07, 6.45) is 24.6. The molecule has 0 fully saturated rings. The number of unbranched alkanes of at least 4 members (excludes halogenated alkanes) is 1. The Labute approximate surface area is 296 Å². The van der Waals surface area contributed by atoms with Crippen molar-refractivity contribution in [2.75, 3.05) is 0 Å². The van der Waals surface area contributed by atoms with Crippen LogP contribution in [0.2, 0.25) is 0 Å². The summed E-state index contributed by atoms with van der Waals surface area (Å²) >= 11 is 0. The molecule has 4 heteroatoms. The first kappa shape index (κ1) is 36.6. The van der Waals surface area contributed by atoms with Crippen LogP contribution in [-0.2, 0) is 0 Å². The van der Waals surface area contributed by atoms with Crippen molar-refractivity contribution in [2.24, 2.45) is 0 Å². The number of nitrogens with zero attached hydrogens (tertiary/aromatic N) is 2. The third-order valence-corrected chi connectivity index (χ3v) is 11.4. The van der Waals surface area contributed by atoms with E-state index in [1.807, 2.05) is 0 Å². The predicted octanol–water partition coefficient (Wildman–Crippen LogP) is 14.1. The molecule has 8 bridgehead atoms. The van der Waals surface area contributed by atoms with Crippen molar-refractivity contribution >= 4 is 52.4 Å². The summed E-state index contributed by atoms with van der Waals surface area (Å²) in [6.45, 7) is 20.8. The zero-order valence-electron chi connectivity index (χ0n) is 32.0. The van der Waals surface area contributed by atoms with Crippen LogP contribution in [0, 0.1) is 0 Å². The Morgan fingerprint density at radius 1 is 0.510 bits per heavy atom. The number of hydrogen-bond donors (Lipinski definition) is 2. The second-order valence-corrected chi connectivity index (χ2v) is 14.1. The van der Waals surface area contributed by atoms with Crippen LogP contribution in [0.4, 0.5) is 0 Å². The van der Waals surface area contributed by atoms with Gasteiger partial charge in [0.1, 0.15) is 0 Å². The van der Waals surface area contributed by atoms with E-state index < -0.39 is 0 Å². The van der Waals surface area contributed by atoms with E-state index >= 15 is 0 Å². The fourth-order valence-corrected chi connectivity index (χ4v) is 8.41. The average Bonchev–Trinajstić information content (AvgIpc) is 3.95. The molecule has 49 heavy (non-hydrogen) atoms. The Morgan fingerprint density at radius 3 is 1.39 bits per heavy atom. The van der Waals surface area contributed by atoms with E-state index in [0.717, 1.165) is 87.0 Å². The smallest absolute Gasteiger partial charge is 0.0694 e. The number of aromatic amines is 2. The van der Waals surface area contributed by atoms with Crippen LogP contribution in [0.3, 0.4) is 0 Å². The zero-order valence-corrected chi connectivity index (χ0v) is 32.0. The van der Waals surface area contributed by atoms with Crippen molar-refractivity contribution in [1.82, 2.24) is 19.9 Å². The highest BCUT2D eigenvalue weighted by molar-refractivity contribution is 5.88. The molecule has 2 N–H and O–H groups in total. The standard InChI is InChI=1S/C45H62N4/c1-10-19-20-21-33-28-40-43(31(15-6)16-7)38-25-24-36(47-38)41(29(11-2)12-3)34-22-23-35(46-34)42(30(13-4)14-5)37-26-27-39(48-37)44(45(33)49-40)32(17-8)18-9/h20-32,48-49H,10-19H2,1-9H3/b21-20-,41-34?,41-36?,42-35?,42-37?,43-38?,43-40?,44-39?,45-44?. The number of H-pyrrole nitrogens is 2. The summed E-state index contributed by atoms with van der Waals surface area (Å²) < 4.78 is 0. The number of rotatable bonds is 15. The normalized spacial score (nSPS) is 13.1. The summed E-state index contributed by atoms with van der Waals surface area (Å²) in [7, 11) is 0. The number of hydrogen-bond acceptors (Lipinski definition) is 2. The molecular formula is C45H62N4. The van der Waals surface area contributed by atoms with Gasteiger partial charge in [0.05, 0.1) is 28.3 Å². The highest BCUT2D eigenvalue weighted by Gasteiger charge is 2.25. The maximum absolute atomic E-state index is 5.52. The van der Waals surface area contributed by atoms with Gasteiger partial charge in [-0.15, -0.1) is 0 Å². The van der Waals surface area contributed by atoms with Crippen LogP contribution >= 0.6 is 0 Å². The maximum atomic E-state index is 5.52. The molecule has 0 spiro atoms. The molecule has 0 saturated carbocycles. The Morgan fingerprint density at radius 2 is 0.918 bits per heavy atom. The molecule has 4 nitrogen and oxygen atoms in total. The highest BCUT2D eigenvalue weighted by atomic mass is 14.8. The topological polar surface area (TPSA) is 57.4 Å². The van der Waals surface area contributed by atoms with Gasteiger partial charge in [-0.25, -0.2) is 9.97 Å². The van der Waals surface area contributed by atoms with Crippen LogP contribution in [0.15, 0.2) is 24.3 Å². The van der Waals surface area contributed by atoms with E-state index in [1.54, 1.807) is 0 Å². The first-order valence-corrected chi connectivity index (χ1v) is 19.8. The molecule has 0 amide bonds. The minimum Gasteiger partial charge on any atom is -0.355 e. The average molecular weight is 659 g/mol. The van der Waals surface area contributed by atoms with Gasteiger partial charge < -0.3 is 9.97 Å². The molecule has 2 aliphatic rings. The van der Waals surface area contributed by atoms with Gasteiger partial charge in [0.25, 0.3) is 0 Å². The number of fused-ring (bicyclic) bond motifs is 8. The van der Waals surface area contributed by atoms with Crippen LogP contribution in [-0.4, -0.2) is 19.9 Å². The van der Waals surface area contributed by atoms with Crippen LogP contribution in [0.5, 0.6) is 0 Å². The summed E-state index contributed by atoms with van der Waals surface area (Å²) in [6, 6.07) is 7.09. The van der Waals surface area contributed by atoms with Gasteiger partial charge >= 0.3 is 0 Å². The van der Waals surface area contributed by atoms with Crippen molar-refractivity contribution in [1.29, 1.82) is 0 Å². The van der Waals surface area contributed by atoms with Crippen molar-refractivity contribution in [3.8, 4) is 0 Å². The fraction of sp³-hybridized carbons (Fsp3) is 0.511. The summed E-state index contributed by atoms with van der Waals surface area (Å²) in [4.78, 5) is 19.1. The molecule has 0 aromatic carbocycles. The molecule has 2 aliphatic heterocycles. The molecule has 5 heterocycles. The summed E-state index contributed by atoms with van der Waals surface area (Å²) in [5, 5.41) is 0. The highest BCUT2D eigenvalue weighted by Crippen LogP contribution is 2.40. The molecule has 0 atom stereocenters. The lowest BCUT2D eigenvalue weighted by Gasteiger charge is -2.16. The van der Waals surface area contributed by atoms with Crippen molar-refractivity contribution in [3.63, 3.8) is 0 Å². The summed E-state index contributed by atoms with van der Waals surface area (Å²) in [5.74, 6) is 1.60. The third-order valence-electron chi connectivity index (χ3n) is 11.4. The number of nitrogens with one attached hydrogen (secondary N) is 2. The van der Waals surface area contributed by atoms with Crippen molar-refractivity contribution in [3.05, 3.63) is 74.9 Å². The molecule has 3 aromatic rings. The number of allylic oxidation sites excluding steroid dienone is 1. The molecule has 0 unspecified atom stereocenters. The van der Waals surface area contributed by atoms with Crippen molar-refractivity contribution < 1.29 is 0 Å². The van der Waals surface area contributed by atoms with Gasteiger partial charge in [0, 0.05) is 44.4 Å². The monoisotopic (exact) mass is 658 g/mol. The van der Waals surface area contributed by atoms with Crippen LogP contribution in [0.1, 0.15) is 201 Å². The Balaban J connectivity index is 2.09. The SMILES string of the molecule is CCC/C=C\c1cc2[nH]c1c(C(CC)CC)c1ccc([nH]1)c(C(CC)CC)c1nc(c(C(CC)CC)c3nc(c2C(CC)CC)C=C3)C=C1. The molecule has 0 saturated heterocycles. The Hall–Kier alpha value is -3.66. The van der Waals surface area contributed by atoms with E-state index in [2.05, 4.69) is 127 Å². The fourth-order valence-electron chi connectivity index (χ4n) is 8.41. The predicted molar refractivity (Wildman–Crippen MR) is 216 cm³/mol. The van der Waals surface area contributed by atoms with Gasteiger partial charge in [-0.1, -0.05) is 80.9 Å². The van der Waals surface area contributed by atoms with E-state index in [9.17, 15) is 0 Å². The van der Waals surface area contributed by atoms with E-state index in [1.165, 1.54) is 49.9 Å². The number of aromatic nitrogens is 4. The molecule has 0 radical (unpaired) electrons.